The van der Waals surface area contributed by atoms with Crippen LogP contribution in [0.5, 0.6) is 0 Å². The Balaban J connectivity index is 1.84. The first-order chi connectivity index (χ1) is 8.72. The summed E-state index contributed by atoms with van der Waals surface area (Å²) in [6, 6.07) is 6.81. The molecule has 1 atom stereocenters. The summed E-state index contributed by atoms with van der Waals surface area (Å²) in [5.41, 5.74) is 0.661. The van der Waals surface area contributed by atoms with Crippen molar-refractivity contribution in [2.45, 2.75) is 32.7 Å². The summed E-state index contributed by atoms with van der Waals surface area (Å²) < 4.78 is 15.5. The van der Waals surface area contributed by atoms with E-state index in [0.717, 1.165) is 31.0 Å². The third kappa shape index (κ3) is 2.15. The van der Waals surface area contributed by atoms with Crippen LogP contribution in [0.2, 0.25) is 0 Å². The second-order valence-electron chi connectivity index (χ2n) is 5.03. The molecule has 18 heavy (non-hydrogen) atoms. The van der Waals surface area contributed by atoms with E-state index in [0.29, 0.717) is 17.9 Å². The van der Waals surface area contributed by atoms with E-state index in [1.54, 1.807) is 12.1 Å². The van der Waals surface area contributed by atoms with Gasteiger partial charge in [-0.2, -0.15) is 5.10 Å². The van der Waals surface area contributed by atoms with Crippen molar-refractivity contribution >= 4 is 0 Å². The zero-order chi connectivity index (χ0) is 12.5. The first-order valence-electron chi connectivity index (χ1n) is 6.38. The molecule has 0 N–H and O–H groups in total. The van der Waals surface area contributed by atoms with Crippen molar-refractivity contribution in [1.82, 2.24) is 14.8 Å². The molecule has 0 bridgehead atoms. The van der Waals surface area contributed by atoms with Crippen molar-refractivity contribution in [2.75, 3.05) is 0 Å². The Morgan fingerprint density at radius 1 is 1.39 bits per heavy atom. The van der Waals surface area contributed by atoms with E-state index in [9.17, 15) is 4.39 Å². The molecule has 0 saturated carbocycles. The SMILES string of the molecule is CC1CCn2nc(Cc3ccccc3F)nc2C1. The summed E-state index contributed by atoms with van der Waals surface area (Å²) in [5, 5.41) is 4.46. The van der Waals surface area contributed by atoms with E-state index < -0.39 is 0 Å². The van der Waals surface area contributed by atoms with Gasteiger partial charge < -0.3 is 0 Å². The molecule has 3 nitrogen and oxygen atoms in total. The Labute approximate surface area is 106 Å². The Kier molecular flexibility index (Phi) is 2.86. The number of hydrogen-bond donors (Lipinski definition) is 0. The highest BCUT2D eigenvalue weighted by Gasteiger charge is 2.19. The fourth-order valence-corrected chi connectivity index (χ4v) is 2.40. The van der Waals surface area contributed by atoms with Crippen molar-refractivity contribution in [2.24, 2.45) is 5.92 Å². The van der Waals surface area contributed by atoms with Crippen LogP contribution in [0.4, 0.5) is 4.39 Å². The van der Waals surface area contributed by atoms with Gasteiger partial charge in [0.1, 0.15) is 11.6 Å². The topological polar surface area (TPSA) is 30.7 Å². The molecule has 0 radical (unpaired) electrons. The Morgan fingerprint density at radius 2 is 2.22 bits per heavy atom. The summed E-state index contributed by atoms with van der Waals surface area (Å²) in [4.78, 5) is 4.52. The van der Waals surface area contributed by atoms with E-state index in [1.165, 1.54) is 6.07 Å². The molecule has 0 saturated heterocycles. The normalized spacial score (nSPS) is 18.7. The van der Waals surface area contributed by atoms with Gasteiger partial charge in [-0.15, -0.1) is 0 Å². The standard InChI is InChI=1S/C14H16FN3/c1-10-6-7-18-14(8-10)16-13(17-18)9-11-4-2-3-5-12(11)15/h2-5,10H,6-9H2,1H3. The van der Waals surface area contributed by atoms with Crippen molar-refractivity contribution in [1.29, 1.82) is 0 Å². The smallest absolute Gasteiger partial charge is 0.155 e. The molecule has 0 fully saturated rings. The minimum atomic E-state index is -0.182. The van der Waals surface area contributed by atoms with Crippen LogP contribution in [0.15, 0.2) is 24.3 Å². The molecule has 1 aromatic heterocycles. The first-order valence-corrected chi connectivity index (χ1v) is 6.38. The number of halogens is 1. The van der Waals surface area contributed by atoms with Gasteiger partial charge >= 0.3 is 0 Å². The quantitative estimate of drug-likeness (QED) is 0.814. The van der Waals surface area contributed by atoms with Gasteiger partial charge in [0.15, 0.2) is 5.82 Å². The number of aromatic nitrogens is 3. The average molecular weight is 245 g/mol. The van der Waals surface area contributed by atoms with Crippen LogP contribution < -0.4 is 0 Å². The van der Waals surface area contributed by atoms with Gasteiger partial charge in [-0.25, -0.2) is 14.1 Å². The number of fused-ring (bicyclic) bond motifs is 1. The summed E-state index contributed by atoms with van der Waals surface area (Å²) in [7, 11) is 0. The Hall–Kier alpha value is -1.71. The van der Waals surface area contributed by atoms with Gasteiger partial charge in [0, 0.05) is 19.4 Å². The number of benzene rings is 1. The molecule has 1 aromatic carbocycles. The van der Waals surface area contributed by atoms with E-state index >= 15 is 0 Å². The number of hydrogen-bond acceptors (Lipinski definition) is 2. The lowest BCUT2D eigenvalue weighted by Gasteiger charge is -2.17. The fourth-order valence-electron chi connectivity index (χ4n) is 2.40. The van der Waals surface area contributed by atoms with Crippen LogP contribution in [-0.2, 0) is 19.4 Å². The van der Waals surface area contributed by atoms with E-state index in [2.05, 4.69) is 17.0 Å². The highest BCUT2D eigenvalue weighted by molar-refractivity contribution is 5.21. The lowest BCUT2D eigenvalue weighted by atomic mass is 10.0. The van der Waals surface area contributed by atoms with Crippen LogP contribution >= 0.6 is 0 Å². The maximum atomic E-state index is 13.6. The predicted octanol–water partition coefficient (Wildman–Crippen LogP) is 2.59. The number of rotatable bonds is 2. The summed E-state index contributed by atoms with van der Waals surface area (Å²) in [5.74, 6) is 2.26. The molecule has 4 heteroatoms. The average Bonchev–Trinajstić information content (AvgIpc) is 2.73. The summed E-state index contributed by atoms with van der Waals surface area (Å²) in [6.45, 7) is 3.16. The third-order valence-electron chi connectivity index (χ3n) is 3.46. The predicted molar refractivity (Wildman–Crippen MR) is 66.7 cm³/mol. The summed E-state index contributed by atoms with van der Waals surface area (Å²) in [6.07, 6.45) is 2.60. The second kappa shape index (κ2) is 4.52. The van der Waals surface area contributed by atoms with Crippen molar-refractivity contribution in [3.8, 4) is 0 Å². The molecule has 2 heterocycles. The molecule has 0 aliphatic carbocycles. The first kappa shape index (κ1) is 11.4. The Morgan fingerprint density at radius 3 is 3.06 bits per heavy atom. The van der Waals surface area contributed by atoms with Gasteiger partial charge in [0.05, 0.1) is 0 Å². The van der Waals surface area contributed by atoms with Crippen LogP contribution in [0.3, 0.4) is 0 Å². The molecule has 1 aliphatic heterocycles. The molecule has 0 amide bonds. The molecule has 0 spiro atoms. The molecule has 3 rings (SSSR count). The van der Waals surface area contributed by atoms with Crippen LogP contribution in [-0.4, -0.2) is 14.8 Å². The maximum Gasteiger partial charge on any atom is 0.155 e. The Bertz CT molecular complexity index is 562. The van der Waals surface area contributed by atoms with Crippen LogP contribution in [0.25, 0.3) is 0 Å². The van der Waals surface area contributed by atoms with Crippen LogP contribution in [0.1, 0.15) is 30.6 Å². The number of aryl methyl sites for hydroxylation is 1. The summed E-state index contributed by atoms with van der Waals surface area (Å²) >= 11 is 0. The largest absolute Gasteiger partial charge is 0.250 e. The van der Waals surface area contributed by atoms with Gasteiger partial charge in [-0.05, 0) is 24.0 Å². The van der Waals surface area contributed by atoms with Crippen molar-refractivity contribution < 1.29 is 4.39 Å². The zero-order valence-corrected chi connectivity index (χ0v) is 10.4. The molecular weight excluding hydrogens is 229 g/mol. The van der Waals surface area contributed by atoms with E-state index in [4.69, 9.17) is 0 Å². The lowest BCUT2D eigenvalue weighted by Crippen LogP contribution is -2.18. The monoisotopic (exact) mass is 245 g/mol. The van der Waals surface area contributed by atoms with Gasteiger partial charge in [0.25, 0.3) is 0 Å². The molecular formula is C14H16FN3. The van der Waals surface area contributed by atoms with E-state index in [-0.39, 0.29) is 5.82 Å². The molecule has 94 valence electrons. The minimum absolute atomic E-state index is 0.182. The van der Waals surface area contributed by atoms with Gasteiger partial charge in [-0.1, -0.05) is 25.1 Å². The van der Waals surface area contributed by atoms with Crippen molar-refractivity contribution in [3.63, 3.8) is 0 Å². The van der Waals surface area contributed by atoms with Crippen LogP contribution in [0, 0.1) is 11.7 Å². The van der Waals surface area contributed by atoms with Gasteiger partial charge in [-0.3, -0.25) is 0 Å². The second-order valence-corrected chi connectivity index (χ2v) is 5.03. The third-order valence-corrected chi connectivity index (χ3v) is 3.46. The highest BCUT2D eigenvalue weighted by atomic mass is 19.1. The minimum Gasteiger partial charge on any atom is -0.250 e. The molecule has 2 aromatic rings. The fraction of sp³-hybridized carbons (Fsp3) is 0.429. The van der Waals surface area contributed by atoms with Gasteiger partial charge in [0.2, 0.25) is 0 Å². The maximum absolute atomic E-state index is 13.6. The number of nitrogens with zero attached hydrogens (tertiary/aromatic N) is 3. The molecule has 1 unspecified atom stereocenters. The molecule has 1 aliphatic rings. The lowest BCUT2D eigenvalue weighted by molar-refractivity contribution is 0.385. The highest BCUT2D eigenvalue weighted by Crippen LogP contribution is 2.19. The van der Waals surface area contributed by atoms with Crippen molar-refractivity contribution in [3.05, 3.63) is 47.3 Å². The zero-order valence-electron chi connectivity index (χ0n) is 10.4. The van der Waals surface area contributed by atoms with E-state index in [1.807, 2.05) is 10.7 Å².